The van der Waals surface area contributed by atoms with Crippen LogP contribution in [-0.2, 0) is 27.1 Å². The minimum Gasteiger partial charge on any atom is -0.497 e. The molecule has 3 saturated carbocycles. The molecule has 49 heavy (non-hydrogen) atoms. The number of rotatable bonds is 6. The number of fused-ring (bicyclic) bond motifs is 7. The highest BCUT2D eigenvalue weighted by Crippen LogP contribution is 2.66. The number of amides is 2. The number of aromatic nitrogens is 1. The third-order valence-corrected chi connectivity index (χ3v) is 12.1. The monoisotopic (exact) mass is 690 g/mol. The molecule has 3 N–H and O–H groups in total. The molecule has 1 aromatic heterocycles. The standard InChI is InChI=1S/C35H43N3O4S.C2H4.CH5N.CH2O/c1-37(2)34(40)35-20-29(35)28-19-24(42-3)15-17-26(28)32-31(22-10-6-4-7-11-22)27-16-14-23(18-30(27)38(32)21-35)33(39)36-43(41)25-12-8-5-9-13-25;3*1-2/h14-19,22,25,29H,4-13,20-21H2,1-3H3,(H,36,39);1-2H2;2H2,1H3;1H2. The van der Waals surface area contributed by atoms with E-state index in [4.69, 9.17) is 9.53 Å². The van der Waals surface area contributed by atoms with Crippen molar-refractivity contribution >= 4 is 40.5 Å². The summed E-state index contributed by atoms with van der Waals surface area (Å²) in [5, 5.41) is 1.20. The molecule has 2 heterocycles. The first-order chi connectivity index (χ1) is 23.8. The van der Waals surface area contributed by atoms with Crippen LogP contribution in [0.3, 0.4) is 0 Å². The lowest BCUT2D eigenvalue weighted by Gasteiger charge is -2.24. The molecule has 2 amide bonds. The molecule has 0 spiro atoms. The van der Waals surface area contributed by atoms with Crippen molar-refractivity contribution in [3.8, 4) is 17.0 Å². The van der Waals surface area contributed by atoms with E-state index in [0.29, 0.717) is 18.0 Å². The number of nitrogens with one attached hydrogen (secondary N) is 1. The van der Waals surface area contributed by atoms with Gasteiger partial charge in [0.25, 0.3) is 5.91 Å². The van der Waals surface area contributed by atoms with Gasteiger partial charge in [0.2, 0.25) is 5.91 Å². The Hall–Kier alpha value is -3.76. The minimum atomic E-state index is -1.39. The first-order valence-corrected chi connectivity index (χ1v) is 18.7. The number of nitrogens with two attached hydrogens (primary N) is 1. The minimum absolute atomic E-state index is 0.0288. The third kappa shape index (κ3) is 7.26. The number of hydrogen-bond donors (Lipinski definition) is 2. The molecular formula is C39H54N4O5S. The highest BCUT2D eigenvalue weighted by molar-refractivity contribution is 7.84. The summed E-state index contributed by atoms with van der Waals surface area (Å²) < 4.78 is 23.9. The highest BCUT2D eigenvalue weighted by Gasteiger charge is 2.63. The first kappa shape index (κ1) is 38.0. The molecule has 0 saturated heterocycles. The molecule has 0 radical (unpaired) electrons. The van der Waals surface area contributed by atoms with Crippen molar-refractivity contribution in [1.29, 1.82) is 0 Å². The van der Waals surface area contributed by atoms with Gasteiger partial charge >= 0.3 is 0 Å². The average Bonchev–Trinajstić information content (AvgIpc) is 3.83. The van der Waals surface area contributed by atoms with Gasteiger partial charge in [-0.15, -0.1) is 13.2 Å². The van der Waals surface area contributed by atoms with Gasteiger partial charge < -0.3 is 24.7 Å². The van der Waals surface area contributed by atoms with Gasteiger partial charge in [-0.25, -0.2) is 4.21 Å². The van der Waals surface area contributed by atoms with Gasteiger partial charge in [-0.3, -0.25) is 14.3 Å². The molecule has 3 unspecified atom stereocenters. The van der Waals surface area contributed by atoms with Crippen molar-refractivity contribution in [3.05, 3.63) is 66.2 Å². The zero-order chi connectivity index (χ0) is 35.9. The van der Waals surface area contributed by atoms with E-state index in [1.807, 2.05) is 39.1 Å². The lowest BCUT2D eigenvalue weighted by Crippen LogP contribution is -2.34. The zero-order valence-corrected chi connectivity index (χ0v) is 30.5. The maximum absolute atomic E-state index is 13.9. The smallest absolute Gasteiger partial charge is 0.263 e. The first-order valence-electron chi connectivity index (χ1n) is 17.5. The lowest BCUT2D eigenvalue weighted by molar-refractivity contribution is -0.135. The van der Waals surface area contributed by atoms with Gasteiger partial charge in [-0.2, -0.15) is 0 Å². The second kappa shape index (κ2) is 16.8. The van der Waals surface area contributed by atoms with E-state index in [-0.39, 0.29) is 23.0 Å². The van der Waals surface area contributed by atoms with Crippen LogP contribution in [0, 0.1) is 5.41 Å². The van der Waals surface area contributed by atoms with E-state index in [1.165, 1.54) is 60.5 Å². The van der Waals surface area contributed by atoms with Crippen LogP contribution < -0.4 is 15.2 Å². The second-order valence-electron chi connectivity index (χ2n) is 13.5. The largest absolute Gasteiger partial charge is 0.497 e. The molecule has 3 aromatic rings. The molecule has 9 nitrogen and oxygen atoms in total. The normalized spacial score (nSPS) is 21.6. The van der Waals surface area contributed by atoms with Gasteiger partial charge in [-0.05, 0) is 86.5 Å². The van der Waals surface area contributed by atoms with Crippen LogP contribution in [-0.4, -0.2) is 65.8 Å². The van der Waals surface area contributed by atoms with Gasteiger partial charge in [0.1, 0.15) is 23.5 Å². The fraction of sp³-hybridized carbons (Fsp3) is 0.513. The number of benzene rings is 2. The number of carbonyl (C=O) groups is 3. The van der Waals surface area contributed by atoms with Gasteiger partial charge in [0.15, 0.2) is 0 Å². The Morgan fingerprint density at radius 3 is 2.20 bits per heavy atom. The predicted molar refractivity (Wildman–Crippen MR) is 199 cm³/mol. The van der Waals surface area contributed by atoms with Crippen molar-refractivity contribution in [1.82, 2.24) is 14.2 Å². The van der Waals surface area contributed by atoms with Crippen LogP contribution in [0.5, 0.6) is 5.75 Å². The van der Waals surface area contributed by atoms with Gasteiger partial charge in [0, 0.05) is 48.6 Å². The average molecular weight is 691 g/mol. The van der Waals surface area contributed by atoms with Crippen LogP contribution in [0.15, 0.2) is 49.6 Å². The maximum atomic E-state index is 13.9. The predicted octanol–water partition coefficient (Wildman–Crippen LogP) is 6.86. The molecule has 2 aromatic carbocycles. The van der Waals surface area contributed by atoms with Gasteiger partial charge in [-0.1, -0.05) is 44.6 Å². The van der Waals surface area contributed by atoms with E-state index in [1.54, 1.807) is 12.0 Å². The molecule has 1 aliphatic heterocycles. The van der Waals surface area contributed by atoms with Crippen molar-refractivity contribution in [2.24, 2.45) is 11.1 Å². The number of carbonyl (C=O) groups excluding carboxylic acids is 3. The molecule has 7 rings (SSSR count). The van der Waals surface area contributed by atoms with E-state index in [0.717, 1.165) is 56.2 Å². The number of hydrogen-bond acceptors (Lipinski definition) is 6. The summed E-state index contributed by atoms with van der Waals surface area (Å²) in [6.45, 7) is 8.57. The molecule has 3 fully saturated rings. The number of ether oxygens (including phenoxy) is 1. The molecule has 10 heteroatoms. The summed E-state index contributed by atoms with van der Waals surface area (Å²) in [6.07, 6.45) is 11.9. The van der Waals surface area contributed by atoms with Crippen LogP contribution in [0.2, 0.25) is 0 Å². The Balaban J connectivity index is 0.000000856. The fourth-order valence-electron chi connectivity index (χ4n) is 8.38. The fourth-order valence-corrected chi connectivity index (χ4v) is 9.61. The number of nitrogens with zero attached hydrogens (tertiary/aromatic N) is 2. The van der Waals surface area contributed by atoms with Crippen molar-refractivity contribution in [2.45, 2.75) is 94.3 Å². The Bertz CT molecular complexity index is 1650. The quantitative estimate of drug-likeness (QED) is 0.273. The molecule has 4 aliphatic rings. The van der Waals surface area contributed by atoms with Gasteiger partial charge in [0.05, 0.1) is 23.5 Å². The molecule has 0 bridgehead atoms. The maximum Gasteiger partial charge on any atom is 0.263 e. The van der Waals surface area contributed by atoms with Crippen LogP contribution in [0.4, 0.5) is 0 Å². The summed E-state index contributed by atoms with van der Waals surface area (Å²) in [4.78, 5) is 37.1. The van der Waals surface area contributed by atoms with Crippen LogP contribution >= 0.6 is 0 Å². The van der Waals surface area contributed by atoms with Crippen molar-refractivity contribution < 1.29 is 23.3 Å². The van der Waals surface area contributed by atoms with Crippen molar-refractivity contribution in [2.75, 3.05) is 28.3 Å². The van der Waals surface area contributed by atoms with Crippen LogP contribution in [0.25, 0.3) is 22.2 Å². The van der Waals surface area contributed by atoms with E-state index in [2.05, 4.69) is 46.4 Å². The molecule has 266 valence electrons. The summed E-state index contributed by atoms with van der Waals surface area (Å²) in [5.74, 6) is 1.21. The molecule has 3 aliphatic carbocycles. The van der Waals surface area contributed by atoms with E-state index in [9.17, 15) is 13.8 Å². The summed E-state index contributed by atoms with van der Waals surface area (Å²) in [7, 11) is 5.50. The Labute approximate surface area is 294 Å². The lowest BCUT2D eigenvalue weighted by atomic mass is 9.81. The van der Waals surface area contributed by atoms with E-state index >= 15 is 0 Å². The second-order valence-corrected chi connectivity index (χ2v) is 14.9. The van der Waals surface area contributed by atoms with Crippen molar-refractivity contribution in [3.63, 3.8) is 0 Å². The Morgan fingerprint density at radius 1 is 0.959 bits per heavy atom. The molecular weight excluding hydrogens is 637 g/mol. The summed E-state index contributed by atoms with van der Waals surface area (Å²) >= 11 is 0. The van der Waals surface area contributed by atoms with E-state index < -0.39 is 16.4 Å². The summed E-state index contributed by atoms with van der Waals surface area (Å²) in [6, 6.07) is 12.3. The SMILES string of the molecule is C=C.C=O.CN.COc1ccc2c(c1)C1CC1(C(=O)N(C)C)Cn1c-2c(C2CCCCC2)c2ccc(C(=O)NS(=O)C3CCCCC3)cc21. The Morgan fingerprint density at radius 2 is 1.59 bits per heavy atom. The Kier molecular flexibility index (Phi) is 13.0. The third-order valence-electron chi connectivity index (χ3n) is 10.7. The van der Waals surface area contributed by atoms with Crippen LogP contribution in [0.1, 0.15) is 104 Å². The number of methoxy groups -OCH3 is 1. The zero-order valence-electron chi connectivity index (χ0n) is 29.7. The summed E-state index contributed by atoms with van der Waals surface area (Å²) in [5.41, 5.74) is 10.4. The highest BCUT2D eigenvalue weighted by atomic mass is 32.2. The topological polar surface area (TPSA) is 124 Å². The molecule has 3 atom stereocenters.